The fourth-order valence-corrected chi connectivity index (χ4v) is 3.47. The second-order valence-electron chi connectivity index (χ2n) is 4.28. The SMILES string of the molecule is COc1cccc2sc(C(=O)NCCCSC)c(N)c12. The van der Waals surface area contributed by atoms with Gasteiger partial charge in [-0.1, -0.05) is 6.07 Å². The number of nitrogens with two attached hydrogens (primary N) is 1. The van der Waals surface area contributed by atoms with E-state index in [0.717, 1.165) is 22.3 Å². The van der Waals surface area contributed by atoms with E-state index in [2.05, 4.69) is 11.6 Å². The van der Waals surface area contributed by atoms with Gasteiger partial charge in [-0.25, -0.2) is 0 Å². The van der Waals surface area contributed by atoms with E-state index in [0.29, 0.717) is 22.9 Å². The standard InChI is InChI=1S/C14H18N2O2S2/c1-18-9-5-3-6-10-11(9)12(15)13(20-10)14(17)16-7-4-8-19-2/h3,5-6H,4,7-8,15H2,1-2H3,(H,16,17). The van der Waals surface area contributed by atoms with Crippen LogP contribution in [0.2, 0.25) is 0 Å². The number of nitrogen functional groups attached to an aromatic ring is 1. The third kappa shape index (κ3) is 3.02. The normalized spacial score (nSPS) is 10.7. The van der Waals surface area contributed by atoms with Gasteiger partial charge in [-0.05, 0) is 30.6 Å². The summed E-state index contributed by atoms with van der Waals surface area (Å²) in [5, 5.41) is 3.74. The highest BCUT2D eigenvalue weighted by Gasteiger charge is 2.18. The van der Waals surface area contributed by atoms with Crippen LogP contribution in [0, 0.1) is 0 Å². The van der Waals surface area contributed by atoms with E-state index in [9.17, 15) is 4.79 Å². The molecule has 2 rings (SSSR count). The van der Waals surface area contributed by atoms with Crippen LogP contribution in [0.5, 0.6) is 5.75 Å². The molecule has 3 N–H and O–H groups in total. The molecule has 1 aromatic heterocycles. The number of benzene rings is 1. The molecule has 0 aliphatic carbocycles. The highest BCUT2D eigenvalue weighted by atomic mass is 32.2. The largest absolute Gasteiger partial charge is 0.496 e. The van der Waals surface area contributed by atoms with E-state index in [1.807, 2.05) is 18.2 Å². The monoisotopic (exact) mass is 310 g/mol. The molecule has 20 heavy (non-hydrogen) atoms. The first-order chi connectivity index (χ1) is 9.69. The van der Waals surface area contributed by atoms with Crippen LogP contribution < -0.4 is 15.8 Å². The zero-order valence-electron chi connectivity index (χ0n) is 11.6. The quantitative estimate of drug-likeness (QED) is 0.805. The van der Waals surface area contributed by atoms with Gasteiger partial charge in [-0.2, -0.15) is 11.8 Å². The second-order valence-corrected chi connectivity index (χ2v) is 6.32. The summed E-state index contributed by atoms with van der Waals surface area (Å²) in [6, 6.07) is 5.70. The molecular weight excluding hydrogens is 292 g/mol. The van der Waals surface area contributed by atoms with Gasteiger partial charge < -0.3 is 15.8 Å². The van der Waals surface area contributed by atoms with Gasteiger partial charge in [0.25, 0.3) is 5.91 Å². The zero-order valence-corrected chi connectivity index (χ0v) is 13.2. The Morgan fingerprint density at radius 3 is 3.00 bits per heavy atom. The average molecular weight is 310 g/mol. The first-order valence-electron chi connectivity index (χ1n) is 6.31. The fraction of sp³-hybridized carbons (Fsp3) is 0.357. The minimum absolute atomic E-state index is 0.105. The van der Waals surface area contributed by atoms with Crippen LogP contribution in [-0.4, -0.2) is 31.6 Å². The van der Waals surface area contributed by atoms with Crippen molar-refractivity contribution in [2.75, 3.05) is 31.4 Å². The number of fused-ring (bicyclic) bond motifs is 1. The Balaban J connectivity index is 2.22. The van der Waals surface area contributed by atoms with Gasteiger partial charge in [0.1, 0.15) is 10.6 Å². The molecular formula is C14H18N2O2S2. The van der Waals surface area contributed by atoms with Crippen molar-refractivity contribution in [2.24, 2.45) is 0 Å². The minimum atomic E-state index is -0.105. The van der Waals surface area contributed by atoms with Gasteiger partial charge in [-0.3, -0.25) is 4.79 Å². The Labute approximate surface area is 126 Å². The molecule has 0 unspecified atom stereocenters. The predicted octanol–water partition coefficient (Wildman–Crippen LogP) is 2.98. The first-order valence-corrected chi connectivity index (χ1v) is 8.52. The molecule has 4 nitrogen and oxygen atoms in total. The number of hydrogen-bond acceptors (Lipinski definition) is 5. The maximum Gasteiger partial charge on any atom is 0.263 e. The summed E-state index contributed by atoms with van der Waals surface area (Å²) in [6.07, 6.45) is 3.01. The zero-order chi connectivity index (χ0) is 14.5. The Bertz CT molecular complexity index is 610. The Morgan fingerprint density at radius 1 is 1.50 bits per heavy atom. The van der Waals surface area contributed by atoms with Gasteiger partial charge in [0.2, 0.25) is 0 Å². The van der Waals surface area contributed by atoms with Gasteiger partial charge in [0, 0.05) is 11.2 Å². The lowest BCUT2D eigenvalue weighted by atomic mass is 10.2. The van der Waals surface area contributed by atoms with Gasteiger partial charge in [0.15, 0.2) is 0 Å². The van der Waals surface area contributed by atoms with Gasteiger partial charge in [-0.15, -0.1) is 11.3 Å². The topological polar surface area (TPSA) is 64.3 Å². The van der Waals surface area contributed by atoms with E-state index in [1.165, 1.54) is 11.3 Å². The summed E-state index contributed by atoms with van der Waals surface area (Å²) in [5.74, 6) is 1.64. The van der Waals surface area contributed by atoms with Crippen molar-refractivity contribution in [1.82, 2.24) is 5.32 Å². The van der Waals surface area contributed by atoms with Gasteiger partial charge >= 0.3 is 0 Å². The second kappa shape index (κ2) is 6.85. The molecule has 0 bridgehead atoms. The van der Waals surface area contributed by atoms with Crippen LogP contribution >= 0.6 is 23.1 Å². The molecule has 0 aliphatic rings. The number of carbonyl (C=O) groups excluding carboxylic acids is 1. The number of methoxy groups -OCH3 is 1. The number of ether oxygens (including phenoxy) is 1. The van der Waals surface area contributed by atoms with Crippen LogP contribution in [0.3, 0.4) is 0 Å². The highest BCUT2D eigenvalue weighted by molar-refractivity contribution is 7.98. The third-order valence-corrected chi connectivity index (χ3v) is 4.82. The predicted molar refractivity (Wildman–Crippen MR) is 88.1 cm³/mol. The van der Waals surface area contributed by atoms with Crippen LogP contribution in [0.25, 0.3) is 10.1 Å². The molecule has 1 heterocycles. The number of carbonyl (C=O) groups is 1. The lowest BCUT2D eigenvalue weighted by Gasteiger charge is -2.04. The van der Waals surface area contributed by atoms with Crippen molar-refractivity contribution in [1.29, 1.82) is 0 Å². The van der Waals surface area contributed by atoms with E-state index < -0.39 is 0 Å². The van der Waals surface area contributed by atoms with Crippen molar-refractivity contribution in [3.05, 3.63) is 23.1 Å². The van der Waals surface area contributed by atoms with Crippen molar-refractivity contribution in [3.63, 3.8) is 0 Å². The molecule has 0 fully saturated rings. The molecule has 108 valence electrons. The Hall–Kier alpha value is -1.40. The van der Waals surface area contributed by atoms with E-state index in [1.54, 1.807) is 18.9 Å². The summed E-state index contributed by atoms with van der Waals surface area (Å²) in [4.78, 5) is 12.7. The summed E-state index contributed by atoms with van der Waals surface area (Å²) in [5.41, 5.74) is 6.62. The molecule has 0 atom stereocenters. The van der Waals surface area contributed by atoms with Crippen LogP contribution in [0.15, 0.2) is 18.2 Å². The van der Waals surface area contributed by atoms with Crippen LogP contribution in [-0.2, 0) is 0 Å². The maximum atomic E-state index is 12.2. The molecule has 0 radical (unpaired) electrons. The number of thiophene rings is 1. The molecule has 0 saturated heterocycles. The number of hydrogen-bond donors (Lipinski definition) is 2. The van der Waals surface area contributed by atoms with E-state index in [4.69, 9.17) is 10.5 Å². The van der Waals surface area contributed by atoms with E-state index >= 15 is 0 Å². The molecule has 2 aromatic rings. The number of anilines is 1. The number of nitrogens with one attached hydrogen (secondary N) is 1. The maximum absolute atomic E-state index is 12.2. The molecule has 6 heteroatoms. The average Bonchev–Trinajstić information content (AvgIpc) is 2.81. The number of thioether (sulfide) groups is 1. The molecule has 0 spiro atoms. The Kier molecular flexibility index (Phi) is 5.14. The Morgan fingerprint density at radius 2 is 2.30 bits per heavy atom. The molecule has 1 amide bonds. The number of rotatable bonds is 6. The van der Waals surface area contributed by atoms with Crippen LogP contribution in [0.4, 0.5) is 5.69 Å². The van der Waals surface area contributed by atoms with Gasteiger partial charge in [0.05, 0.1) is 18.2 Å². The van der Waals surface area contributed by atoms with E-state index in [-0.39, 0.29) is 5.91 Å². The summed E-state index contributed by atoms with van der Waals surface area (Å²) in [7, 11) is 1.61. The summed E-state index contributed by atoms with van der Waals surface area (Å²) >= 11 is 3.17. The van der Waals surface area contributed by atoms with Crippen molar-refractivity contribution in [3.8, 4) is 5.75 Å². The first kappa shape index (κ1) is 15.0. The number of amides is 1. The molecule has 1 aromatic carbocycles. The summed E-state index contributed by atoms with van der Waals surface area (Å²) < 4.78 is 6.28. The summed E-state index contributed by atoms with van der Waals surface area (Å²) in [6.45, 7) is 0.671. The van der Waals surface area contributed by atoms with Crippen molar-refractivity contribution in [2.45, 2.75) is 6.42 Å². The third-order valence-electron chi connectivity index (χ3n) is 2.95. The highest BCUT2D eigenvalue weighted by Crippen LogP contribution is 2.39. The lowest BCUT2D eigenvalue weighted by molar-refractivity contribution is 0.0958. The van der Waals surface area contributed by atoms with Crippen molar-refractivity contribution >= 4 is 44.8 Å². The lowest BCUT2D eigenvalue weighted by Crippen LogP contribution is -2.24. The van der Waals surface area contributed by atoms with Crippen molar-refractivity contribution < 1.29 is 9.53 Å². The fourth-order valence-electron chi connectivity index (χ4n) is 1.98. The molecule has 0 aliphatic heterocycles. The molecule has 0 saturated carbocycles. The van der Waals surface area contributed by atoms with Crippen LogP contribution in [0.1, 0.15) is 16.1 Å². The smallest absolute Gasteiger partial charge is 0.263 e. The minimum Gasteiger partial charge on any atom is -0.496 e.